The molecule has 2 aromatic heterocycles. The predicted octanol–water partition coefficient (Wildman–Crippen LogP) is 2.21. The van der Waals surface area contributed by atoms with Crippen LogP contribution in [0, 0.1) is 18.3 Å². The first-order valence-electron chi connectivity index (χ1n) is 5.69. The summed E-state index contributed by atoms with van der Waals surface area (Å²) >= 11 is 1.55. The Morgan fingerprint density at radius 2 is 2.32 bits per heavy atom. The van der Waals surface area contributed by atoms with Crippen LogP contribution in [0.4, 0.5) is 0 Å². The Kier molecular flexibility index (Phi) is 3.88. The molecule has 1 amide bonds. The molecule has 96 valence electrons. The number of thiazole rings is 1. The molecule has 0 aliphatic carbocycles. The van der Waals surface area contributed by atoms with Crippen molar-refractivity contribution in [1.29, 1.82) is 5.26 Å². The second-order valence-corrected chi connectivity index (χ2v) is 5.09. The molecule has 0 spiro atoms. The first-order chi connectivity index (χ1) is 9.10. The van der Waals surface area contributed by atoms with Crippen LogP contribution in [0.5, 0.6) is 0 Å². The number of nitrogens with zero attached hydrogens (tertiary/aromatic N) is 3. The van der Waals surface area contributed by atoms with Gasteiger partial charge in [0.25, 0.3) is 5.91 Å². The van der Waals surface area contributed by atoms with Gasteiger partial charge in [0.2, 0.25) is 0 Å². The Hall–Kier alpha value is -2.26. The van der Waals surface area contributed by atoms with Crippen molar-refractivity contribution >= 4 is 17.2 Å². The Balaban J connectivity index is 2.06. The summed E-state index contributed by atoms with van der Waals surface area (Å²) in [5.74, 6) is -0.227. The van der Waals surface area contributed by atoms with E-state index in [4.69, 9.17) is 5.26 Å². The lowest BCUT2D eigenvalue weighted by Crippen LogP contribution is -2.27. The van der Waals surface area contributed by atoms with Crippen LogP contribution in [-0.2, 0) is 0 Å². The molecule has 5 nitrogen and oxygen atoms in total. The molecule has 19 heavy (non-hydrogen) atoms. The number of nitrogens with one attached hydrogen (secondary N) is 1. The van der Waals surface area contributed by atoms with Crippen molar-refractivity contribution in [3.8, 4) is 6.07 Å². The van der Waals surface area contributed by atoms with Gasteiger partial charge in [-0.3, -0.25) is 4.79 Å². The standard InChI is InChI=1S/C13H12N4OS/c1-8(12-7-19-9(2)17-12)16-13(18)10-3-4-11(5-14)15-6-10/h3-4,6-8H,1-2H3,(H,16,18)/t8-/m1/s1. The number of hydrogen-bond acceptors (Lipinski definition) is 5. The van der Waals surface area contributed by atoms with Gasteiger partial charge >= 0.3 is 0 Å². The van der Waals surface area contributed by atoms with Crippen molar-refractivity contribution in [2.24, 2.45) is 0 Å². The molecule has 0 aliphatic heterocycles. The zero-order chi connectivity index (χ0) is 13.8. The van der Waals surface area contributed by atoms with Crippen LogP contribution in [0.2, 0.25) is 0 Å². The number of aromatic nitrogens is 2. The quantitative estimate of drug-likeness (QED) is 0.929. The highest BCUT2D eigenvalue weighted by Gasteiger charge is 2.13. The number of rotatable bonds is 3. The number of amides is 1. The van der Waals surface area contributed by atoms with Crippen LogP contribution >= 0.6 is 11.3 Å². The van der Waals surface area contributed by atoms with Gasteiger partial charge in [0, 0.05) is 11.6 Å². The van der Waals surface area contributed by atoms with E-state index >= 15 is 0 Å². The molecule has 0 aliphatic rings. The number of carbonyl (C=O) groups excluding carboxylic acids is 1. The minimum absolute atomic E-state index is 0.159. The van der Waals surface area contributed by atoms with Gasteiger partial charge in [0.15, 0.2) is 0 Å². The summed E-state index contributed by atoms with van der Waals surface area (Å²) in [6, 6.07) is 4.86. The minimum atomic E-state index is -0.227. The lowest BCUT2D eigenvalue weighted by molar-refractivity contribution is 0.0939. The van der Waals surface area contributed by atoms with Crippen LogP contribution < -0.4 is 5.32 Å². The zero-order valence-corrected chi connectivity index (χ0v) is 11.4. The molecule has 0 saturated carbocycles. The van der Waals surface area contributed by atoms with Gasteiger partial charge in [-0.25, -0.2) is 9.97 Å². The number of pyridine rings is 1. The molecule has 0 radical (unpaired) electrons. The van der Waals surface area contributed by atoms with Crippen molar-refractivity contribution in [1.82, 2.24) is 15.3 Å². The second kappa shape index (κ2) is 5.59. The highest BCUT2D eigenvalue weighted by Crippen LogP contribution is 2.16. The van der Waals surface area contributed by atoms with Crippen molar-refractivity contribution in [2.45, 2.75) is 19.9 Å². The third kappa shape index (κ3) is 3.14. The van der Waals surface area contributed by atoms with E-state index in [-0.39, 0.29) is 11.9 Å². The van der Waals surface area contributed by atoms with Gasteiger partial charge in [0.1, 0.15) is 11.8 Å². The molecule has 2 aromatic rings. The average molecular weight is 272 g/mol. The first kappa shape index (κ1) is 13.2. The van der Waals surface area contributed by atoms with Crippen LogP contribution in [0.1, 0.15) is 39.7 Å². The van der Waals surface area contributed by atoms with Gasteiger partial charge in [0.05, 0.1) is 22.3 Å². The van der Waals surface area contributed by atoms with Crippen molar-refractivity contribution in [2.75, 3.05) is 0 Å². The topological polar surface area (TPSA) is 78.7 Å². The Morgan fingerprint density at radius 3 is 2.84 bits per heavy atom. The third-order valence-corrected chi connectivity index (χ3v) is 3.36. The van der Waals surface area contributed by atoms with Gasteiger partial charge in [-0.1, -0.05) is 0 Å². The smallest absolute Gasteiger partial charge is 0.253 e. The van der Waals surface area contributed by atoms with E-state index in [1.54, 1.807) is 17.4 Å². The summed E-state index contributed by atoms with van der Waals surface area (Å²) in [6.07, 6.45) is 1.40. The molecule has 0 bridgehead atoms. The summed E-state index contributed by atoms with van der Waals surface area (Å²) in [4.78, 5) is 20.2. The molecule has 0 saturated heterocycles. The summed E-state index contributed by atoms with van der Waals surface area (Å²) in [5.41, 5.74) is 1.56. The minimum Gasteiger partial charge on any atom is -0.344 e. The number of nitriles is 1. The van der Waals surface area contributed by atoms with E-state index in [2.05, 4.69) is 15.3 Å². The third-order valence-electron chi connectivity index (χ3n) is 2.57. The highest BCUT2D eigenvalue weighted by atomic mass is 32.1. The fourth-order valence-corrected chi connectivity index (χ4v) is 2.23. The summed E-state index contributed by atoms with van der Waals surface area (Å²) in [6.45, 7) is 3.80. The van der Waals surface area contributed by atoms with E-state index in [1.165, 1.54) is 12.3 Å². The normalized spacial score (nSPS) is 11.6. The molecule has 6 heteroatoms. The fraction of sp³-hybridized carbons (Fsp3) is 0.231. The SMILES string of the molecule is Cc1nc([C@@H](C)NC(=O)c2ccc(C#N)nc2)cs1. The van der Waals surface area contributed by atoms with E-state index < -0.39 is 0 Å². The maximum Gasteiger partial charge on any atom is 0.253 e. The maximum absolute atomic E-state index is 12.0. The van der Waals surface area contributed by atoms with E-state index in [0.29, 0.717) is 11.3 Å². The molecule has 0 unspecified atom stereocenters. The van der Waals surface area contributed by atoms with Gasteiger partial charge < -0.3 is 5.32 Å². The maximum atomic E-state index is 12.0. The number of carbonyl (C=O) groups is 1. The molecule has 1 atom stereocenters. The van der Waals surface area contributed by atoms with Gasteiger partial charge in [-0.05, 0) is 26.0 Å². The molecule has 2 heterocycles. The van der Waals surface area contributed by atoms with E-state index in [9.17, 15) is 4.79 Å². The summed E-state index contributed by atoms with van der Waals surface area (Å²) in [5, 5.41) is 14.4. The summed E-state index contributed by atoms with van der Waals surface area (Å²) < 4.78 is 0. The fourth-order valence-electron chi connectivity index (χ4n) is 1.53. The zero-order valence-electron chi connectivity index (χ0n) is 10.5. The Bertz CT molecular complexity index is 627. The van der Waals surface area contributed by atoms with Crippen molar-refractivity contribution in [3.05, 3.63) is 45.7 Å². The molecule has 0 fully saturated rings. The van der Waals surface area contributed by atoms with E-state index in [0.717, 1.165) is 10.7 Å². The molecule has 2 rings (SSSR count). The monoisotopic (exact) mass is 272 g/mol. The molecular weight excluding hydrogens is 260 g/mol. The van der Waals surface area contributed by atoms with Crippen LogP contribution in [-0.4, -0.2) is 15.9 Å². The average Bonchev–Trinajstić information content (AvgIpc) is 2.85. The molecular formula is C13H12N4OS. The van der Waals surface area contributed by atoms with Gasteiger partial charge in [-0.15, -0.1) is 11.3 Å². The van der Waals surface area contributed by atoms with Crippen LogP contribution in [0.25, 0.3) is 0 Å². The largest absolute Gasteiger partial charge is 0.344 e. The molecule has 0 aromatic carbocycles. The Morgan fingerprint density at radius 1 is 1.53 bits per heavy atom. The number of hydrogen-bond donors (Lipinski definition) is 1. The predicted molar refractivity (Wildman–Crippen MR) is 71.7 cm³/mol. The first-order valence-corrected chi connectivity index (χ1v) is 6.57. The van der Waals surface area contributed by atoms with Crippen molar-refractivity contribution < 1.29 is 4.79 Å². The van der Waals surface area contributed by atoms with Crippen LogP contribution in [0.3, 0.4) is 0 Å². The Labute approximate surface area is 114 Å². The summed E-state index contributed by atoms with van der Waals surface area (Å²) in [7, 11) is 0. The van der Waals surface area contributed by atoms with Crippen LogP contribution in [0.15, 0.2) is 23.7 Å². The lowest BCUT2D eigenvalue weighted by atomic mass is 10.2. The number of aryl methyl sites for hydroxylation is 1. The second-order valence-electron chi connectivity index (χ2n) is 4.03. The molecule has 1 N–H and O–H groups in total. The van der Waals surface area contributed by atoms with Crippen molar-refractivity contribution in [3.63, 3.8) is 0 Å². The van der Waals surface area contributed by atoms with Gasteiger partial charge in [-0.2, -0.15) is 5.26 Å². The highest BCUT2D eigenvalue weighted by molar-refractivity contribution is 7.09. The van der Waals surface area contributed by atoms with E-state index in [1.807, 2.05) is 25.3 Å². The lowest BCUT2D eigenvalue weighted by Gasteiger charge is -2.11.